The number of non-ortho nitro benzene ring substituents is 1. The van der Waals surface area contributed by atoms with Crippen molar-refractivity contribution in [3.05, 3.63) is 80.8 Å². The number of aryl methyl sites for hydroxylation is 1. The van der Waals surface area contributed by atoms with Crippen LogP contribution in [0.1, 0.15) is 11.3 Å². The highest BCUT2D eigenvalue weighted by atomic mass is 35.5. The average Bonchev–Trinajstić information content (AvgIpc) is 3.19. The number of benzene rings is 2. The highest BCUT2D eigenvalue weighted by molar-refractivity contribution is 6.39. The lowest BCUT2D eigenvalue weighted by atomic mass is 10.1. The van der Waals surface area contributed by atoms with Crippen LogP contribution in [-0.2, 0) is 9.59 Å². The van der Waals surface area contributed by atoms with E-state index in [9.17, 15) is 24.1 Å². The molecule has 0 saturated carbocycles. The molecule has 3 aromatic rings. The van der Waals surface area contributed by atoms with Crippen LogP contribution < -0.4 is 10.7 Å². The van der Waals surface area contributed by atoms with Gasteiger partial charge in [-0.1, -0.05) is 11.6 Å². The minimum absolute atomic E-state index is 0.0292. The first-order valence-corrected chi connectivity index (χ1v) is 9.07. The second-order valence-electron chi connectivity index (χ2n) is 6.24. The fraction of sp³-hybridized carbons (Fsp3) is 0.0500. The summed E-state index contributed by atoms with van der Waals surface area (Å²) >= 11 is 5.62. The molecule has 0 saturated heterocycles. The van der Waals surface area contributed by atoms with E-state index in [0.29, 0.717) is 16.9 Å². The second kappa shape index (κ2) is 9.18. The zero-order valence-electron chi connectivity index (χ0n) is 15.9. The summed E-state index contributed by atoms with van der Waals surface area (Å²) in [6.45, 7) is 1.71. The molecule has 0 unspecified atom stereocenters. The van der Waals surface area contributed by atoms with Crippen LogP contribution in [0.25, 0.3) is 11.3 Å². The lowest BCUT2D eigenvalue weighted by molar-refractivity contribution is -0.384. The van der Waals surface area contributed by atoms with Gasteiger partial charge in [0.05, 0.1) is 16.2 Å². The Morgan fingerprint density at radius 3 is 2.61 bits per heavy atom. The summed E-state index contributed by atoms with van der Waals surface area (Å²) in [5.74, 6) is -2.02. The third-order valence-electron chi connectivity index (χ3n) is 4.05. The normalized spacial score (nSPS) is 10.8. The SMILES string of the molecule is Cc1cc([N+](=O)[O-])ccc1-c1ccc(C=NNC(=O)C(=O)Nc2ccc(F)c(Cl)c2)o1. The van der Waals surface area contributed by atoms with Crippen molar-refractivity contribution in [2.24, 2.45) is 5.10 Å². The van der Waals surface area contributed by atoms with E-state index < -0.39 is 22.6 Å². The first-order valence-electron chi connectivity index (χ1n) is 8.69. The Morgan fingerprint density at radius 2 is 1.94 bits per heavy atom. The number of rotatable bonds is 5. The maximum absolute atomic E-state index is 13.1. The van der Waals surface area contributed by atoms with E-state index in [0.717, 1.165) is 12.1 Å². The number of furan rings is 1. The number of amides is 2. The van der Waals surface area contributed by atoms with E-state index in [4.69, 9.17) is 16.0 Å². The molecule has 1 aromatic heterocycles. The molecule has 9 nitrogen and oxygen atoms in total. The molecule has 1 heterocycles. The van der Waals surface area contributed by atoms with E-state index in [2.05, 4.69) is 10.4 Å². The topological polar surface area (TPSA) is 127 Å². The van der Waals surface area contributed by atoms with Gasteiger partial charge in [0.2, 0.25) is 0 Å². The highest BCUT2D eigenvalue weighted by Crippen LogP contribution is 2.28. The number of nitro groups is 1. The second-order valence-corrected chi connectivity index (χ2v) is 6.65. The first-order chi connectivity index (χ1) is 14.7. The van der Waals surface area contributed by atoms with Crippen LogP contribution in [0.15, 0.2) is 58.0 Å². The maximum Gasteiger partial charge on any atom is 0.329 e. The zero-order chi connectivity index (χ0) is 22.5. The van der Waals surface area contributed by atoms with Crippen molar-refractivity contribution in [1.29, 1.82) is 0 Å². The Kier molecular flexibility index (Phi) is 6.41. The summed E-state index contributed by atoms with van der Waals surface area (Å²) in [5, 5.41) is 16.5. The standard InChI is InChI=1S/C20H14ClFN4O5/c1-11-8-13(26(29)30)3-5-15(11)18-7-4-14(31-18)10-23-25-20(28)19(27)24-12-2-6-17(22)16(21)9-12/h2-10H,1H3,(H,24,27)(H,25,28). The summed E-state index contributed by atoms with van der Waals surface area (Å²) in [4.78, 5) is 34.0. The fourth-order valence-electron chi connectivity index (χ4n) is 2.57. The van der Waals surface area contributed by atoms with Gasteiger partial charge in [-0.25, -0.2) is 9.82 Å². The molecule has 0 radical (unpaired) electrons. The van der Waals surface area contributed by atoms with Gasteiger partial charge in [-0.15, -0.1) is 0 Å². The predicted octanol–water partition coefficient (Wildman–Crippen LogP) is 4.04. The number of hydrazone groups is 1. The average molecular weight is 445 g/mol. The molecule has 0 aliphatic rings. The van der Waals surface area contributed by atoms with Gasteiger partial charge in [-0.05, 0) is 48.9 Å². The monoisotopic (exact) mass is 444 g/mol. The predicted molar refractivity (Wildman–Crippen MR) is 111 cm³/mol. The summed E-state index contributed by atoms with van der Waals surface area (Å²) in [7, 11) is 0. The number of carbonyl (C=O) groups excluding carboxylic acids is 2. The number of anilines is 1. The number of nitrogens with one attached hydrogen (secondary N) is 2. The minimum Gasteiger partial charge on any atom is -0.455 e. The molecule has 0 fully saturated rings. The van der Waals surface area contributed by atoms with E-state index in [1.54, 1.807) is 25.1 Å². The van der Waals surface area contributed by atoms with Crippen molar-refractivity contribution in [2.45, 2.75) is 6.92 Å². The molecule has 2 N–H and O–H groups in total. The van der Waals surface area contributed by atoms with Crippen molar-refractivity contribution < 1.29 is 23.3 Å². The van der Waals surface area contributed by atoms with Crippen LogP contribution in [0.3, 0.4) is 0 Å². The Balaban J connectivity index is 1.61. The number of hydrogen-bond donors (Lipinski definition) is 2. The number of nitrogens with zero attached hydrogens (tertiary/aromatic N) is 2. The van der Waals surface area contributed by atoms with Crippen molar-refractivity contribution in [1.82, 2.24) is 5.43 Å². The van der Waals surface area contributed by atoms with Gasteiger partial charge in [0.15, 0.2) is 0 Å². The maximum atomic E-state index is 13.1. The molecule has 158 valence electrons. The molecule has 0 spiro atoms. The summed E-state index contributed by atoms with van der Waals surface area (Å²) in [5.41, 5.74) is 3.46. The molecule has 11 heteroatoms. The molecule has 0 aliphatic carbocycles. The zero-order valence-corrected chi connectivity index (χ0v) is 16.6. The Morgan fingerprint density at radius 1 is 1.16 bits per heavy atom. The van der Waals surface area contributed by atoms with Crippen molar-refractivity contribution in [3.63, 3.8) is 0 Å². The lowest BCUT2D eigenvalue weighted by Gasteiger charge is -2.04. The van der Waals surface area contributed by atoms with Crippen molar-refractivity contribution in [2.75, 3.05) is 5.32 Å². The molecule has 0 aliphatic heterocycles. The number of halogens is 2. The van der Waals surface area contributed by atoms with Crippen LogP contribution in [0.2, 0.25) is 5.02 Å². The van der Waals surface area contributed by atoms with Crippen molar-refractivity contribution >= 4 is 41.0 Å². The van der Waals surface area contributed by atoms with Gasteiger partial charge >= 0.3 is 11.8 Å². The van der Waals surface area contributed by atoms with Gasteiger partial charge in [-0.3, -0.25) is 19.7 Å². The van der Waals surface area contributed by atoms with E-state index >= 15 is 0 Å². The fourth-order valence-corrected chi connectivity index (χ4v) is 2.75. The molecule has 0 bridgehead atoms. The van der Waals surface area contributed by atoms with Gasteiger partial charge in [0, 0.05) is 23.4 Å². The van der Waals surface area contributed by atoms with Crippen LogP contribution in [-0.4, -0.2) is 23.0 Å². The molecule has 31 heavy (non-hydrogen) atoms. The van der Waals surface area contributed by atoms with Gasteiger partial charge < -0.3 is 9.73 Å². The first kappa shape index (κ1) is 21.7. The van der Waals surface area contributed by atoms with Gasteiger partial charge in [0.25, 0.3) is 5.69 Å². The highest BCUT2D eigenvalue weighted by Gasteiger charge is 2.14. The molecule has 2 aromatic carbocycles. The van der Waals surface area contributed by atoms with Crippen LogP contribution in [0, 0.1) is 22.9 Å². The third kappa shape index (κ3) is 5.31. The Hall–Kier alpha value is -4.05. The lowest BCUT2D eigenvalue weighted by Crippen LogP contribution is -2.32. The molecule has 2 amide bonds. The number of carbonyl (C=O) groups is 2. The summed E-state index contributed by atoms with van der Waals surface area (Å²) in [6.07, 6.45) is 1.18. The van der Waals surface area contributed by atoms with E-state index in [-0.39, 0.29) is 22.2 Å². The van der Waals surface area contributed by atoms with Gasteiger partial charge in [0.1, 0.15) is 17.3 Å². The Labute approximate surface area is 179 Å². The molecular formula is C20H14ClFN4O5. The van der Waals surface area contributed by atoms with E-state index in [1.807, 2.05) is 5.43 Å². The molecule has 0 atom stereocenters. The van der Waals surface area contributed by atoms with Crippen LogP contribution >= 0.6 is 11.6 Å². The molecular weight excluding hydrogens is 431 g/mol. The quantitative estimate of drug-likeness (QED) is 0.265. The Bertz CT molecular complexity index is 1210. The summed E-state index contributed by atoms with van der Waals surface area (Å²) in [6, 6.07) is 11.0. The van der Waals surface area contributed by atoms with Crippen molar-refractivity contribution in [3.8, 4) is 11.3 Å². The van der Waals surface area contributed by atoms with E-state index in [1.165, 1.54) is 24.4 Å². The smallest absolute Gasteiger partial charge is 0.329 e. The number of nitro benzene ring substituents is 1. The third-order valence-corrected chi connectivity index (χ3v) is 4.34. The van der Waals surface area contributed by atoms with Gasteiger partial charge in [-0.2, -0.15) is 5.10 Å². The van der Waals surface area contributed by atoms with Crippen LogP contribution in [0.4, 0.5) is 15.8 Å². The largest absolute Gasteiger partial charge is 0.455 e. The summed E-state index contributed by atoms with van der Waals surface area (Å²) < 4.78 is 18.7. The molecule has 3 rings (SSSR count). The minimum atomic E-state index is -1.06. The number of hydrogen-bond acceptors (Lipinski definition) is 6. The van der Waals surface area contributed by atoms with Crippen LogP contribution in [0.5, 0.6) is 0 Å².